The summed E-state index contributed by atoms with van der Waals surface area (Å²) in [5.74, 6) is 2.14. The number of primary amides is 1. The van der Waals surface area contributed by atoms with Gasteiger partial charge in [-0.3, -0.25) is 4.98 Å². The molecule has 11 heteroatoms. The van der Waals surface area contributed by atoms with Crippen molar-refractivity contribution in [3.05, 3.63) is 78.2 Å². The van der Waals surface area contributed by atoms with Gasteiger partial charge >= 0.3 is 6.03 Å². The van der Waals surface area contributed by atoms with E-state index in [9.17, 15) is 4.79 Å². The van der Waals surface area contributed by atoms with Gasteiger partial charge in [-0.15, -0.1) is 0 Å². The minimum Gasteiger partial charge on any atom is -0.497 e. The molecule has 2 heterocycles. The second kappa shape index (κ2) is 14.7. The zero-order valence-corrected chi connectivity index (χ0v) is 25.7. The van der Waals surface area contributed by atoms with Crippen molar-refractivity contribution in [2.75, 3.05) is 45.5 Å². The molecule has 45 heavy (non-hydrogen) atoms. The Kier molecular flexibility index (Phi) is 10.3. The molecule has 2 N–H and O–H groups in total. The summed E-state index contributed by atoms with van der Waals surface area (Å²) in [5.41, 5.74) is 6.95. The Hall–Kier alpha value is -4.90. The molecule has 1 aliphatic heterocycles. The average Bonchev–Trinajstić information content (AvgIpc) is 3.05. The zero-order valence-electron chi connectivity index (χ0n) is 25.7. The van der Waals surface area contributed by atoms with Crippen LogP contribution in [0.2, 0.25) is 0 Å². The number of carbonyl (C=O) groups is 1. The number of benzene rings is 3. The molecule has 0 unspecified atom stereocenters. The molecule has 1 aromatic heterocycles. The monoisotopic (exact) mass is 615 g/mol. The highest BCUT2D eigenvalue weighted by Crippen LogP contribution is 2.38. The summed E-state index contributed by atoms with van der Waals surface area (Å²) in [5, 5.41) is 5.67. The number of fused-ring (bicyclic) bond motifs is 1. The number of nitrogens with two attached hydrogens (primary N) is 1. The van der Waals surface area contributed by atoms with Crippen molar-refractivity contribution in [1.82, 2.24) is 9.88 Å². The van der Waals surface area contributed by atoms with Gasteiger partial charge in [0.1, 0.15) is 11.5 Å². The summed E-state index contributed by atoms with van der Waals surface area (Å²) < 4.78 is 38.2. The Morgan fingerprint density at radius 3 is 2.60 bits per heavy atom. The number of anilines is 1. The zero-order chi connectivity index (χ0) is 31.8. The third-order valence-electron chi connectivity index (χ3n) is 7.74. The summed E-state index contributed by atoms with van der Waals surface area (Å²) in [6, 6.07) is 15.4. The van der Waals surface area contributed by atoms with Crippen LogP contribution < -0.4 is 29.7 Å². The summed E-state index contributed by atoms with van der Waals surface area (Å²) >= 11 is 0. The van der Waals surface area contributed by atoms with Crippen LogP contribution >= 0.6 is 0 Å². The van der Waals surface area contributed by atoms with E-state index in [0.717, 1.165) is 43.0 Å². The average molecular weight is 616 g/mol. The lowest BCUT2D eigenvalue weighted by atomic mass is 9.99. The van der Waals surface area contributed by atoms with Gasteiger partial charge in [-0.05, 0) is 80.2 Å². The predicted molar refractivity (Wildman–Crippen MR) is 172 cm³/mol. The van der Waals surface area contributed by atoms with Crippen LogP contribution in [0.25, 0.3) is 10.9 Å². The van der Waals surface area contributed by atoms with Gasteiger partial charge in [0.15, 0.2) is 23.1 Å². The molecule has 0 atom stereocenters. The molecule has 0 spiro atoms. The Bertz CT molecular complexity index is 1660. The summed E-state index contributed by atoms with van der Waals surface area (Å²) in [4.78, 5) is 19.1. The SMILES string of the molecule is COc1cccc(/C=N/N(C(N)=O)c2ccc(Oc3ccnc4cc(OCCCN5CCC(C)CC5)c(OC)cc34)c(F)c2)c1. The molecule has 2 amide bonds. The molecule has 1 aliphatic rings. The smallest absolute Gasteiger partial charge is 0.340 e. The van der Waals surface area contributed by atoms with E-state index in [4.69, 9.17) is 24.7 Å². The van der Waals surface area contributed by atoms with Crippen LogP contribution in [0.5, 0.6) is 28.7 Å². The Morgan fingerprint density at radius 1 is 1.04 bits per heavy atom. The van der Waals surface area contributed by atoms with Gasteiger partial charge in [0.2, 0.25) is 0 Å². The number of halogens is 1. The first-order valence-corrected chi connectivity index (χ1v) is 14.9. The van der Waals surface area contributed by atoms with E-state index in [-0.39, 0.29) is 11.4 Å². The van der Waals surface area contributed by atoms with Crippen molar-refractivity contribution in [3.63, 3.8) is 0 Å². The largest absolute Gasteiger partial charge is 0.497 e. The third kappa shape index (κ3) is 7.98. The van der Waals surface area contributed by atoms with Crippen molar-refractivity contribution in [1.29, 1.82) is 0 Å². The van der Waals surface area contributed by atoms with Gasteiger partial charge in [0, 0.05) is 30.3 Å². The lowest BCUT2D eigenvalue weighted by Crippen LogP contribution is -2.34. The van der Waals surface area contributed by atoms with Crippen LogP contribution in [0.3, 0.4) is 0 Å². The van der Waals surface area contributed by atoms with Crippen LogP contribution in [0.15, 0.2) is 72.0 Å². The number of piperidine rings is 1. The topological polar surface area (TPSA) is 112 Å². The third-order valence-corrected chi connectivity index (χ3v) is 7.74. The number of hydrogen-bond donors (Lipinski definition) is 1. The molecule has 5 rings (SSSR count). The number of rotatable bonds is 12. The van der Waals surface area contributed by atoms with E-state index in [1.807, 2.05) is 0 Å². The molecule has 1 fully saturated rings. The number of hydrazone groups is 1. The first-order valence-electron chi connectivity index (χ1n) is 14.9. The molecule has 0 saturated carbocycles. The number of pyridine rings is 1. The summed E-state index contributed by atoms with van der Waals surface area (Å²) in [7, 11) is 3.12. The minimum absolute atomic E-state index is 0.0566. The number of amides is 2. The lowest BCUT2D eigenvalue weighted by molar-refractivity contribution is 0.176. The number of urea groups is 1. The van der Waals surface area contributed by atoms with Crippen molar-refractivity contribution >= 4 is 28.8 Å². The second-order valence-corrected chi connectivity index (χ2v) is 10.9. The Labute approximate surface area is 262 Å². The Morgan fingerprint density at radius 2 is 1.87 bits per heavy atom. The number of methoxy groups -OCH3 is 2. The van der Waals surface area contributed by atoms with E-state index >= 15 is 4.39 Å². The maximum absolute atomic E-state index is 15.3. The van der Waals surface area contributed by atoms with Crippen molar-refractivity contribution in [2.24, 2.45) is 16.8 Å². The minimum atomic E-state index is -0.881. The van der Waals surface area contributed by atoms with Crippen molar-refractivity contribution < 1.29 is 28.1 Å². The fourth-order valence-corrected chi connectivity index (χ4v) is 5.17. The number of carbonyl (C=O) groups excluding carboxylic acids is 1. The van der Waals surface area contributed by atoms with Gasteiger partial charge < -0.3 is 29.6 Å². The fourth-order valence-electron chi connectivity index (χ4n) is 5.17. The molecule has 1 saturated heterocycles. The van der Waals surface area contributed by atoms with Crippen LogP contribution in [0.1, 0.15) is 31.7 Å². The molecule has 0 aliphatic carbocycles. The Balaban J connectivity index is 1.29. The van der Waals surface area contributed by atoms with E-state index in [1.165, 1.54) is 31.2 Å². The van der Waals surface area contributed by atoms with Crippen LogP contribution in [-0.4, -0.2) is 62.6 Å². The molecular formula is C34H38FN5O5. The van der Waals surface area contributed by atoms with Gasteiger partial charge in [-0.25, -0.2) is 9.18 Å². The van der Waals surface area contributed by atoms with E-state index < -0.39 is 11.8 Å². The van der Waals surface area contributed by atoms with E-state index in [1.54, 1.807) is 62.9 Å². The van der Waals surface area contributed by atoms with Crippen LogP contribution in [0, 0.1) is 11.7 Å². The van der Waals surface area contributed by atoms with Crippen molar-refractivity contribution in [2.45, 2.75) is 26.2 Å². The van der Waals surface area contributed by atoms with E-state index in [0.29, 0.717) is 46.1 Å². The maximum Gasteiger partial charge on any atom is 0.340 e. The number of likely N-dealkylation sites (tertiary alicyclic amines) is 1. The standard InChI is InChI=1S/C34H38FN5O5/c1-23-11-15-39(16-12-23)14-5-17-44-33-21-29-27(20-32(33)43-3)30(10-13-37-29)45-31-9-8-25(19-28(31)35)40(34(36)41)38-22-24-6-4-7-26(18-24)42-2/h4,6-10,13,18-23H,5,11-12,14-17H2,1-3H3,(H2,36,41)/b38-22+. The first kappa shape index (κ1) is 31.5. The van der Waals surface area contributed by atoms with Gasteiger partial charge in [0.25, 0.3) is 0 Å². The van der Waals surface area contributed by atoms with Crippen LogP contribution in [0.4, 0.5) is 14.9 Å². The predicted octanol–water partition coefficient (Wildman–Crippen LogP) is 6.60. The second-order valence-electron chi connectivity index (χ2n) is 10.9. The molecular weight excluding hydrogens is 577 g/mol. The number of hydrogen-bond acceptors (Lipinski definition) is 8. The van der Waals surface area contributed by atoms with Gasteiger partial charge in [-0.2, -0.15) is 10.1 Å². The lowest BCUT2D eigenvalue weighted by Gasteiger charge is -2.30. The van der Waals surface area contributed by atoms with Gasteiger partial charge in [-0.1, -0.05) is 19.1 Å². The van der Waals surface area contributed by atoms with Gasteiger partial charge in [0.05, 0.1) is 38.2 Å². The van der Waals surface area contributed by atoms with Crippen molar-refractivity contribution in [3.8, 4) is 28.7 Å². The first-order chi connectivity index (χ1) is 21.8. The fraction of sp³-hybridized carbons (Fsp3) is 0.324. The highest BCUT2D eigenvalue weighted by Gasteiger charge is 2.18. The normalized spacial score (nSPS) is 14.0. The number of aromatic nitrogens is 1. The maximum atomic E-state index is 15.3. The number of nitrogens with zero attached hydrogens (tertiary/aromatic N) is 4. The summed E-state index contributed by atoms with van der Waals surface area (Å²) in [6.45, 7) is 6.13. The van der Waals surface area contributed by atoms with Crippen LogP contribution in [-0.2, 0) is 0 Å². The number of ether oxygens (including phenoxy) is 4. The molecule has 0 bridgehead atoms. The molecule has 10 nitrogen and oxygen atoms in total. The molecule has 236 valence electrons. The quantitative estimate of drug-likeness (QED) is 0.109. The highest BCUT2D eigenvalue weighted by molar-refractivity contribution is 5.93. The highest BCUT2D eigenvalue weighted by atomic mass is 19.1. The molecule has 4 aromatic rings. The summed E-state index contributed by atoms with van der Waals surface area (Å²) in [6.07, 6.45) is 6.41. The molecule has 3 aromatic carbocycles. The van der Waals surface area contributed by atoms with E-state index in [2.05, 4.69) is 21.9 Å². The molecule has 0 radical (unpaired) electrons.